The molecule has 0 aromatic carbocycles. The van der Waals surface area contributed by atoms with E-state index in [0.717, 1.165) is 0 Å². The quantitative estimate of drug-likeness (QED) is 0.573. The fourth-order valence-corrected chi connectivity index (χ4v) is 1.87. The predicted molar refractivity (Wildman–Crippen MR) is 43.5 cm³/mol. The van der Waals surface area contributed by atoms with E-state index in [-0.39, 0.29) is 0 Å². The van der Waals surface area contributed by atoms with Gasteiger partial charge in [0, 0.05) is 12.6 Å². The van der Waals surface area contributed by atoms with Gasteiger partial charge in [0.1, 0.15) is 0 Å². The van der Waals surface area contributed by atoms with Crippen LogP contribution in [0, 0.1) is 0 Å². The summed E-state index contributed by atoms with van der Waals surface area (Å²) in [6.07, 6.45) is 3.42. The second-order valence-electron chi connectivity index (χ2n) is 2.60. The molecule has 1 aliphatic heterocycles. The highest BCUT2D eigenvalue weighted by molar-refractivity contribution is 9.11. The van der Waals surface area contributed by atoms with Crippen molar-refractivity contribution in [2.75, 3.05) is 6.54 Å². The van der Waals surface area contributed by atoms with Crippen LogP contribution < -0.4 is 0 Å². The Bertz CT molecular complexity index is 129. The molecule has 0 aromatic rings. The Morgan fingerprint density at radius 2 is 2.33 bits per heavy atom. The Morgan fingerprint density at radius 3 is 2.56 bits per heavy atom. The summed E-state index contributed by atoms with van der Waals surface area (Å²) >= 11 is 3.49. The molecule has 0 fully saturated rings. The molecule has 0 unspecified atom stereocenters. The number of nitrogens with zero attached hydrogens (tertiary/aromatic N) is 1. The van der Waals surface area contributed by atoms with Crippen molar-refractivity contribution in [2.45, 2.75) is 26.3 Å². The number of hydrogen-bond acceptors (Lipinski definition) is 1. The average molecular weight is 190 g/mol. The molecule has 0 aliphatic carbocycles. The number of rotatable bonds is 1. The molecule has 0 spiro atoms. The van der Waals surface area contributed by atoms with Crippen molar-refractivity contribution in [3.05, 3.63) is 10.7 Å². The predicted octanol–water partition coefficient (Wildman–Crippen LogP) is 2.34. The highest BCUT2D eigenvalue weighted by atomic mass is 79.9. The van der Waals surface area contributed by atoms with Crippen LogP contribution in [0.2, 0.25) is 0 Å². The molecule has 0 aromatic heterocycles. The summed E-state index contributed by atoms with van der Waals surface area (Å²) in [5.74, 6) is 0. The summed E-state index contributed by atoms with van der Waals surface area (Å²) in [4.78, 5) is 2.35. The van der Waals surface area contributed by atoms with Gasteiger partial charge >= 0.3 is 0 Å². The van der Waals surface area contributed by atoms with E-state index in [1.165, 1.54) is 17.6 Å². The van der Waals surface area contributed by atoms with E-state index < -0.39 is 0 Å². The first-order chi connectivity index (χ1) is 4.22. The summed E-state index contributed by atoms with van der Waals surface area (Å²) in [6, 6.07) is 0.637. The van der Waals surface area contributed by atoms with Gasteiger partial charge in [0.05, 0.1) is 4.61 Å². The highest BCUT2D eigenvalue weighted by Gasteiger charge is 2.14. The van der Waals surface area contributed by atoms with Crippen LogP contribution in [0.1, 0.15) is 20.3 Å². The third kappa shape index (κ3) is 1.48. The molecule has 1 heterocycles. The number of hydrogen-bond donors (Lipinski definition) is 0. The first kappa shape index (κ1) is 7.13. The molecular formula is C7H12BrN. The molecule has 1 nitrogen and oxygen atoms in total. The van der Waals surface area contributed by atoms with Crippen molar-refractivity contribution in [1.29, 1.82) is 0 Å². The van der Waals surface area contributed by atoms with Gasteiger partial charge in [-0.2, -0.15) is 0 Å². The summed E-state index contributed by atoms with van der Waals surface area (Å²) in [6.45, 7) is 5.60. The van der Waals surface area contributed by atoms with Crippen LogP contribution in [-0.4, -0.2) is 17.5 Å². The zero-order valence-corrected chi connectivity index (χ0v) is 7.48. The minimum absolute atomic E-state index is 0.637. The molecular weight excluding hydrogens is 178 g/mol. The average Bonchev–Trinajstić information content (AvgIpc) is 2.13. The van der Waals surface area contributed by atoms with Gasteiger partial charge in [-0.1, -0.05) is 6.08 Å². The molecule has 0 atom stereocenters. The van der Waals surface area contributed by atoms with Crippen molar-refractivity contribution < 1.29 is 0 Å². The zero-order valence-electron chi connectivity index (χ0n) is 5.89. The monoisotopic (exact) mass is 189 g/mol. The standard InChI is InChI=1S/C7H12BrN/c1-6(2)9-5-3-4-7(9)8/h4,6H,3,5H2,1-2H3. The smallest absolute Gasteiger partial charge is 0.0768 e. The van der Waals surface area contributed by atoms with Gasteiger partial charge in [-0.15, -0.1) is 0 Å². The van der Waals surface area contributed by atoms with E-state index in [1.807, 2.05) is 0 Å². The van der Waals surface area contributed by atoms with E-state index in [9.17, 15) is 0 Å². The van der Waals surface area contributed by atoms with Gasteiger partial charge in [-0.3, -0.25) is 0 Å². The third-order valence-electron chi connectivity index (χ3n) is 1.58. The van der Waals surface area contributed by atoms with Gasteiger partial charge in [-0.25, -0.2) is 0 Å². The van der Waals surface area contributed by atoms with Crippen molar-refractivity contribution in [1.82, 2.24) is 4.90 Å². The number of halogens is 1. The molecule has 2 heteroatoms. The van der Waals surface area contributed by atoms with Crippen molar-refractivity contribution in [3.63, 3.8) is 0 Å². The first-order valence-corrected chi connectivity index (χ1v) is 4.13. The second-order valence-corrected chi connectivity index (χ2v) is 3.42. The lowest BCUT2D eigenvalue weighted by atomic mass is 10.3. The van der Waals surface area contributed by atoms with E-state index >= 15 is 0 Å². The zero-order chi connectivity index (χ0) is 6.85. The lowest BCUT2D eigenvalue weighted by molar-refractivity contribution is 0.330. The SMILES string of the molecule is CC(C)N1CCC=C1Br. The van der Waals surface area contributed by atoms with Gasteiger partial charge in [-0.05, 0) is 36.2 Å². The minimum Gasteiger partial charge on any atom is -0.363 e. The maximum atomic E-state index is 3.49. The summed E-state index contributed by atoms with van der Waals surface area (Å²) < 4.78 is 1.26. The minimum atomic E-state index is 0.637. The largest absolute Gasteiger partial charge is 0.363 e. The Labute approximate surface area is 64.9 Å². The molecule has 0 saturated carbocycles. The Balaban J connectivity index is 2.53. The Kier molecular flexibility index (Phi) is 2.17. The van der Waals surface area contributed by atoms with Crippen LogP contribution in [0.4, 0.5) is 0 Å². The van der Waals surface area contributed by atoms with Crippen LogP contribution in [0.15, 0.2) is 10.7 Å². The van der Waals surface area contributed by atoms with Crippen molar-refractivity contribution >= 4 is 15.9 Å². The topological polar surface area (TPSA) is 3.24 Å². The molecule has 0 amide bonds. The molecule has 0 N–H and O–H groups in total. The van der Waals surface area contributed by atoms with Gasteiger partial charge in [0.15, 0.2) is 0 Å². The fraction of sp³-hybridized carbons (Fsp3) is 0.714. The van der Waals surface area contributed by atoms with Crippen LogP contribution >= 0.6 is 15.9 Å². The van der Waals surface area contributed by atoms with Crippen LogP contribution in [-0.2, 0) is 0 Å². The van der Waals surface area contributed by atoms with Crippen molar-refractivity contribution in [3.8, 4) is 0 Å². The van der Waals surface area contributed by atoms with Gasteiger partial charge in [0.2, 0.25) is 0 Å². The van der Waals surface area contributed by atoms with Crippen LogP contribution in [0.5, 0.6) is 0 Å². The Hall–Kier alpha value is 0.0200. The Morgan fingerprint density at radius 1 is 1.67 bits per heavy atom. The van der Waals surface area contributed by atoms with E-state index in [2.05, 4.69) is 40.8 Å². The second kappa shape index (κ2) is 2.74. The lowest BCUT2D eigenvalue weighted by Gasteiger charge is -2.22. The van der Waals surface area contributed by atoms with Crippen molar-refractivity contribution in [2.24, 2.45) is 0 Å². The molecule has 0 saturated heterocycles. The van der Waals surface area contributed by atoms with Crippen LogP contribution in [0.3, 0.4) is 0 Å². The fourth-order valence-electron chi connectivity index (χ4n) is 1.05. The van der Waals surface area contributed by atoms with E-state index in [0.29, 0.717) is 6.04 Å². The van der Waals surface area contributed by atoms with Crippen LogP contribution in [0.25, 0.3) is 0 Å². The van der Waals surface area contributed by atoms with Gasteiger partial charge < -0.3 is 4.90 Å². The first-order valence-electron chi connectivity index (χ1n) is 3.34. The highest BCUT2D eigenvalue weighted by Crippen LogP contribution is 2.22. The molecule has 52 valence electrons. The third-order valence-corrected chi connectivity index (χ3v) is 2.36. The summed E-state index contributed by atoms with van der Waals surface area (Å²) in [5.41, 5.74) is 0. The summed E-state index contributed by atoms with van der Waals surface area (Å²) in [5, 5.41) is 0. The molecule has 1 aliphatic rings. The normalized spacial score (nSPS) is 19.1. The summed E-state index contributed by atoms with van der Waals surface area (Å²) in [7, 11) is 0. The maximum Gasteiger partial charge on any atom is 0.0768 e. The lowest BCUT2D eigenvalue weighted by Crippen LogP contribution is -2.25. The molecule has 1 rings (SSSR count). The van der Waals surface area contributed by atoms with E-state index in [4.69, 9.17) is 0 Å². The molecule has 0 bridgehead atoms. The van der Waals surface area contributed by atoms with E-state index in [1.54, 1.807) is 0 Å². The van der Waals surface area contributed by atoms with Gasteiger partial charge in [0.25, 0.3) is 0 Å². The molecule has 9 heavy (non-hydrogen) atoms. The molecule has 0 radical (unpaired) electrons. The maximum absolute atomic E-state index is 3.49.